The van der Waals surface area contributed by atoms with Gasteiger partial charge in [0.25, 0.3) is 5.56 Å². The second-order valence-electron chi connectivity index (χ2n) is 8.71. The number of nitrogens with zero attached hydrogens (tertiary/aromatic N) is 6. The number of rotatable bonds is 6. The van der Waals surface area contributed by atoms with E-state index in [-0.39, 0.29) is 11.4 Å². The monoisotopic (exact) mass is 589 g/mol. The van der Waals surface area contributed by atoms with Crippen LogP contribution in [0.5, 0.6) is 0 Å². The third-order valence-corrected chi connectivity index (χ3v) is 7.00. The van der Waals surface area contributed by atoms with Gasteiger partial charge < -0.3 is 9.55 Å². The maximum atomic E-state index is 13.6. The zero-order valence-corrected chi connectivity index (χ0v) is 21.9. The number of benzene rings is 3. The number of nitrogens with one attached hydrogen (secondary N) is 1. The molecule has 8 nitrogen and oxygen atoms in total. The van der Waals surface area contributed by atoms with E-state index in [0.717, 1.165) is 21.1 Å². The second kappa shape index (κ2) is 9.96. The van der Waals surface area contributed by atoms with E-state index in [1.165, 1.54) is 23.1 Å². The van der Waals surface area contributed by atoms with E-state index in [1.807, 2.05) is 24.3 Å². The number of fused-ring (bicyclic) bond motifs is 1. The Morgan fingerprint density at radius 2 is 1.87 bits per heavy atom. The first-order valence-corrected chi connectivity index (χ1v) is 12.8. The van der Waals surface area contributed by atoms with Crippen LogP contribution in [0.4, 0.5) is 4.39 Å². The summed E-state index contributed by atoms with van der Waals surface area (Å²) in [6, 6.07) is 20.2. The molecule has 0 fully saturated rings. The lowest BCUT2D eigenvalue weighted by molar-refractivity contribution is 0.537. The van der Waals surface area contributed by atoms with E-state index in [0.29, 0.717) is 34.1 Å². The van der Waals surface area contributed by atoms with Gasteiger partial charge in [0, 0.05) is 33.7 Å². The Labute approximate surface area is 228 Å². The Hall–Kier alpha value is -4.15. The van der Waals surface area contributed by atoms with Gasteiger partial charge in [-0.3, -0.25) is 4.79 Å². The average molecular weight is 591 g/mol. The highest BCUT2D eigenvalue weighted by Gasteiger charge is 2.21. The van der Waals surface area contributed by atoms with Gasteiger partial charge in [0.2, 0.25) is 0 Å². The number of tetrazole rings is 1. The Morgan fingerprint density at radius 1 is 1.03 bits per heavy atom. The van der Waals surface area contributed by atoms with Crippen molar-refractivity contribution < 1.29 is 4.39 Å². The maximum Gasteiger partial charge on any atom is 0.251 e. The smallest absolute Gasteiger partial charge is 0.251 e. The zero-order chi connectivity index (χ0) is 26.2. The van der Waals surface area contributed by atoms with E-state index in [1.54, 1.807) is 47.2 Å². The van der Waals surface area contributed by atoms with Gasteiger partial charge >= 0.3 is 0 Å². The fourth-order valence-electron chi connectivity index (χ4n) is 4.45. The minimum Gasteiger partial charge on any atom is -0.340 e. The van der Waals surface area contributed by atoms with Gasteiger partial charge in [-0.15, -0.1) is 5.10 Å². The lowest BCUT2D eigenvalue weighted by Crippen LogP contribution is -2.27. The van der Waals surface area contributed by atoms with Crippen LogP contribution in [0, 0.1) is 5.82 Å². The topological polar surface area (TPSA) is 94.3 Å². The van der Waals surface area contributed by atoms with E-state index in [4.69, 9.17) is 16.6 Å². The highest BCUT2D eigenvalue weighted by molar-refractivity contribution is 9.10. The summed E-state index contributed by atoms with van der Waals surface area (Å²) in [6.45, 7) is 0. The lowest BCUT2D eigenvalue weighted by Gasteiger charge is -2.19. The van der Waals surface area contributed by atoms with Crippen LogP contribution in [0.25, 0.3) is 27.8 Å². The summed E-state index contributed by atoms with van der Waals surface area (Å²) >= 11 is 9.78. The van der Waals surface area contributed by atoms with Crippen LogP contribution in [-0.4, -0.2) is 34.7 Å². The first-order valence-electron chi connectivity index (χ1n) is 11.6. The largest absolute Gasteiger partial charge is 0.340 e. The standard InChI is InChI=1S/C27H18BrClFN7O/c28-18-3-7-22-23(13-18)33-27(32-22)25(11-16-1-5-20(30)6-2-16)36-10-9-17(12-26(36)38)21-14-19(29)4-8-24(21)37-15-31-34-35-37/h1-10,12-15,25H,11H2,(H,32,33). The lowest BCUT2D eigenvalue weighted by atomic mass is 10.0. The summed E-state index contributed by atoms with van der Waals surface area (Å²) in [5.41, 5.74) is 4.30. The first-order chi connectivity index (χ1) is 18.4. The fourth-order valence-corrected chi connectivity index (χ4v) is 4.97. The van der Waals surface area contributed by atoms with Crippen molar-refractivity contribution in [1.82, 2.24) is 34.7 Å². The van der Waals surface area contributed by atoms with Crippen LogP contribution in [0.2, 0.25) is 5.02 Å². The van der Waals surface area contributed by atoms with Crippen molar-refractivity contribution in [3.63, 3.8) is 0 Å². The summed E-state index contributed by atoms with van der Waals surface area (Å²) in [5.74, 6) is 0.301. The number of aromatic nitrogens is 7. The molecule has 0 radical (unpaired) electrons. The van der Waals surface area contributed by atoms with E-state index in [9.17, 15) is 9.18 Å². The third kappa shape index (κ3) is 4.75. The van der Waals surface area contributed by atoms with Crippen LogP contribution in [-0.2, 0) is 6.42 Å². The molecule has 3 heterocycles. The summed E-state index contributed by atoms with van der Waals surface area (Å²) in [7, 11) is 0. The van der Waals surface area contributed by atoms with Crippen LogP contribution >= 0.6 is 27.5 Å². The molecule has 3 aromatic heterocycles. The number of hydrogen-bond donors (Lipinski definition) is 1. The normalized spacial score (nSPS) is 12.2. The van der Waals surface area contributed by atoms with E-state index >= 15 is 0 Å². The van der Waals surface area contributed by atoms with Crippen molar-refractivity contribution in [1.29, 1.82) is 0 Å². The molecule has 6 aromatic rings. The predicted molar refractivity (Wildman–Crippen MR) is 146 cm³/mol. The molecule has 6 rings (SSSR count). The van der Waals surface area contributed by atoms with Gasteiger partial charge in [-0.1, -0.05) is 39.7 Å². The average Bonchev–Trinajstić information content (AvgIpc) is 3.59. The molecule has 0 spiro atoms. The minimum absolute atomic E-state index is 0.237. The van der Waals surface area contributed by atoms with Gasteiger partial charge in [0.1, 0.15) is 18.0 Å². The third-order valence-electron chi connectivity index (χ3n) is 6.27. The Morgan fingerprint density at radius 3 is 2.63 bits per heavy atom. The number of pyridine rings is 1. The molecule has 188 valence electrons. The first kappa shape index (κ1) is 24.2. The molecule has 0 aliphatic carbocycles. The molecule has 0 saturated heterocycles. The fraction of sp³-hybridized carbons (Fsp3) is 0.0741. The molecule has 11 heteroatoms. The zero-order valence-electron chi connectivity index (χ0n) is 19.6. The molecule has 1 N–H and O–H groups in total. The Kier molecular flexibility index (Phi) is 6.34. The number of imidazole rings is 1. The van der Waals surface area contributed by atoms with Crippen molar-refractivity contribution in [2.75, 3.05) is 0 Å². The maximum absolute atomic E-state index is 13.6. The quantitative estimate of drug-likeness (QED) is 0.266. The van der Waals surface area contributed by atoms with Crippen molar-refractivity contribution >= 4 is 38.6 Å². The molecule has 1 unspecified atom stereocenters. The minimum atomic E-state index is -0.466. The molecule has 3 aromatic carbocycles. The van der Waals surface area contributed by atoms with Crippen LogP contribution < -0.4 is 5.56 Å². The van der Waals surface area contributed by atoms with Gasteiger partial charge in [-0.25, -0.2) is 9.37 Å². The predicted octanol–water partition coefficient (Wildman–Crippen LogP) is 5.75. The summed E-state index contributed by atoms with van der Waals surface area (Å²) < 4.78 is 17.6. The van der Waals surface area contributed by atoms with Gasteiger partial charge in [-0.2, -0.15) is 4.68 Å². The number of H-pyrrole nitrogens is 1. The highest BCUT2D eigenvalue weighted by Crippen LogP contribution is 2.30. The molecule has 38 heavy (non-hydrogen) atoms. The highest BCUT2D eigenvalue weighted by atomic mass is 79.9. The number of hydrogen-bond acceptors (Lipinski definition) is 5. The van der Waals surface area contributed by atoms with Crippen LogP contribution in [0.1, 0.15) is 17.4 Å². The number of aromatic amines is 1. The van der Waals surface area contributed by atoms with Crippen molar-refractivity contribution in [2.45, 2.75) is 12.5 Å². The van der Waals surface area contributed by atoms with Crippen LogP contribution in [0.15, 0.2) is 94.6 Å². The molecule has 0 saturated carbocycles. The molecule has 1 atom stereocenters. The summed E-state index contributed by atoms with van der Waals surface area (Å²) in [5, 5.41) is 11.9. The molecular formula is C27H18BrClFN7O. The Bertz CT molecular complexity index is 1820. The number of halogens is 3. The SMILES string of the molecule is O=c1cc(-c2cc(Cl)ccc2-n2cnnn2)ccn1C(Cc1ccc(F)cc1)c1nc2cc(Br)ccc2[nH]1. The Balaban J connectivity index is 1.45. The molecule has 0 aliphatic heterocycles. The molecule has 0 bridgehead atoms. The molecule has 0 aliphatic rings. The van der Waals surface area contributed by atoms with Crippen molar-refractivity contribution in [3.05, 3.63) is 122 Å². The van der Waals surface area contributed by atoms with Crippen molar-refractivity contribution in [3.8, 4) is 16.8 Å². The molecule has 0 amide bonds. The summed E-state index contributed by atoms with van der Waals surface area (Å²) in [4.78, 5) is 21.7. The van der Waals surface area contributed by atoms with Gasteiger partial charge in [-0.05, 0) is 76.2 Å². The van der Waals surface area contributed by atoms with Crippen LogP contribution in [0.3, 0.4) is 0 Å². The molecular weight excluding hydrogens is 573 g/mol. The van der Waals surface area contributed by atoms with Crippen molar-refractivity contribution in [2.24, 2.45) is 0 Å². The summed E-state index contributed by atoms with van der Waals surface area (Å²) in [6.07, 6.45) is 3.64. The van der Waals surface area contributed by atoms with E-state index < -0.39 is 6.04 Å². The second-order valence-corrected chi connectivity index (χ2v) is 10.1. The van der Waals surface area contributed by atoms with E-state index in [2.05, 4.69) is 36.4 Å². The van der Waals surface area contributed by atoms with Gasteiger partial charge in [0.05, 0.1) is 22.8 Å². The van der Waals surface area contributed by atoms with Gasteiger partial charge in [0.15, 0.2) is 0 Å².